The van der Waals surface area contributed by atoms with Crippen LogP contribution in [0.3, 0.4) is 0 Å². The predicted molar refractivity (Wildman–Crippen MR) is 66.1 cm³/mol. The molecular weight excluding hydrogens is 216 g/mol. The van der Waals surface area contributed by atoms with Gasteiger partial charge in [0.1, 0.15) is 5.75 Å². The molecule has 1 N–H and O–H groups in total. The molecule has 1 aromatic carbocycles. The summed E-state index contributed by atoms with van der Waals surface area (Å²) in [5.74, 6) is 0.299. The zero-order valence-corrected chi connectivity index (χ0v) is 10.5. The van der Waals surface area contributed by atoms with Gasteiger partial charge < -0.3 is 14.6 Å². The van der Waals surface area contributed by atoms with Crippen molar-refractivity contribution in [2.75, 3.05) is 14.2 Å². The summed E-state index contributed by atoms with van der Waals surface area (Å²) in [5.41, 5.74) is 0.808. The van der Waals surface area contributed by atoms with E-state index in [0.717, 1.165) is 31.2 Å². The fourth-order valence-electron chi connectivity index (χ4n) is 2.69. The fraction of sp³-hybridized carbons (Fsp3) is 0.571. The standard InChI is InChI=1S/C14H20O3/c1-16-13-6-8-14(17-2,9-7-13)11-4-3-5-12(15)10-11/h3-5,10,13,15H,6-9H2,1-2H3. The molecular formula is C14H20O3. The molecule has 94 valence electrons. The molecule has 1 aliphatic rings. The van der Waals surface area contributed by atoms with Crippen LogP contribution in [0, 0.1) is 0 Å². The SMILES string of the molecule is COC1CCC(OC)(c2cccc(O)c2)CC1. The molecule has 1 fully saturated rings. The second kappa shape index (κ2) is 5.07. The number of hydrogen-bond acceptors (Lipinski definition) is 3. The van der Waals surface area contributed by atoms with E-state index in [-0.39, 0.29) is 5.60 Å². The van der Waals surface area contributed by atoms with E-state index in [9.17, 15) is 5.11 Å². The highest BCUT2D eigenvalue weighted by Crippen LogP contribution is 2.41. The molecule has 0 aromatic heterocycles. The van der Waals surface area contributed by atoms with Crippen LogP contribution >= 0.6 is 0 Å². The molecule has 0 radical (unpaired) electrons. The van der Waals surface area contributed by atoms with Gasteiger partial charge in [-0.2, -0.15) is 0 Å². The Hall–Kier alpha value is -1.06. The number of methoxy groups -OCH3 is 2. The zero-order chi connectivity index (χ0) is 12.3. The number of ether oxygens (including phenoxy) is 2. The highest BCUT2D eigenvalue weighted by atomic mass is 16.5. The summed E-state index contributed by atoms with van der Waals surface area (Å²) in [5, 5.41) is 9.57. The third-order valence-electron chi connectivity index (χ3n) is 3.84. The maximum Gasteiger partial charge on any atom is 0.115 e. The van der Waals surface area contributed by atoms with Crippen LogP contribution in [0.15, 0.2) is 24.3 Å². The monoisotopic (exact) mass is 236 g/mol. The maximum atomic E-state index is 9.57. The topological polar surface area (TPSA) is 38.7 Å². The van der Waals surface area contributed by atoms with E-state index < -0.39 is 0 Å². The first-order chi connectivity index (χ1) is 8.20. The molecule has 3 heteroatoms. The summed E-state index contributed by atoms with van der Waals surface area (Å²) >= 11 is 0. The van der Waals surface area contributed by atoms with Gasteiger partial charge in [0.25, 0.3) is 0 Å². The van der Waals surface area contributed by atoms with E-state index in [2.05, 4.69) is 0 Å². The number of phenolic OH excluding ortho intramolecular Hbond substituents is 1. The molecule has 1 aliphatic carbocycles. The first kappa shape index (κ1) is 12.4. The normalized spacial score (nSPS) is 29.2. The van der Waals surface area contributed by atoms with E-state index in [0.29, 0.717) is 11.9 Å². The Morgan fingerprint density at radius 3 is 2.47 bits per heavy atom. The minimum atomic E-state index is -0.256. The van der Waals surface area contributed by atoms with Crippen LogP contribution in [-0.2, 0) is 15.1 Å². The lowest BCUT2D eigenvalue weighted by molar-refractivity contribution is -0.0762. The summed E-state index contributed by atoms with van der Waals surface area (Å²) in [6.45, 7) is 0. The Morgan fingerprint density at radius 2 is 1.94 bits per heavy atom. The van der Waals surface area contributed by atoms with Crippen LogP contribution in [0.2, 0.25) is 0 Å². The number of rotatable bonds is 3. The highest BCUT2D eigenvalue weighted by Gasteiger charge is 2.37. The van der Waals surface area contributed by atoms with Crippen LogP contribution in [-0.4, -0.2) is 25.4 Å². The van der Waals surface area contributed by atoms with Crippen molar-refractivity contribution in [1.29, 1.82) is 0 Å². The molecule has 1 saturated carbocycles. The molecule has 17 heavy (non-hydrogen) atoms. The fourth-order valence-corrected chi connectivity index (χ4v) is 2.69. The van der Waals surface area contributed by atoms with Gasteiger partial charge in [-0.05, 0) is 43.4 Å². The molecule has 3 nitrogen and oxygen atoms in total. The smallest absolute Gasteiger partial charge is 0.115 e. The summed E-state index contributed by atoms with van der Waals surface area (Å²) in [6, 6.07) is 7.38. The lowest BCUT2D eigenvalue weighted by atomic mass is 9.78. The quantitative estimate of drug-likeness (QED) is 0.877. The second-order valence-corrected chi connectivity index (χ2v) is 4.68. The molecule has 0 atom stereocenters. The molecule has 0 aliphatic heterocycles. The highest BCUT2D eigenvalue weighted by molar-refractivity contribution is 5.32. The van der Waals surface area contributed by atoms with Crippen molar-refractivity contribution in [1.82, 2.24) is 0 Å². The molecule has 0 heterocycles. The van der Waals surface area contributed by atoms with E-state index in [1.54, 1.807) is 26.4 Å². The molecule has 0 saturated heterocycles. The summed E-state index contributed by atoms with van der Waals surface area (Å²) in [7, 11) is 3.51. The number of hydrogen-bond donors (Lipinski definition) is 1. The Bertz CT molecular complexity index is 367. The van der Waals surface area contributed by atoms with Crippen molar-refractivity contribution in [3.05, 3.63) is 29.8 Å². The van der Waals surface area contributed by atoms with Crippen molar-refractivity contribution in [2.45, 2.75) is 37.4 Å². The predicted octanol–water partition coefficient (Wildman–Crippen LogP) is 2.82. The van der Waals surface area contributed by atoms with Gasteiger partial charge in [-0.25, -0.2) is 0 Å². The molecule has 0 amide bonds. The van der Waals surface area contributed by atoms with Gasteiger partial charge >= 0.3 is 0 Å². The van der Waals surface area contributed by atoms with Gasteiger partial charge in [0.05, 0.1) is 11.7 Å². The lowest BCUT2D eigenvalue weighted by Gasteiger charge is -2.39. The van der Waals surface area contributed by atoms with Gasteiger partial charge in [-0.1, -0.05) is 12.1 Å². The Kier molecular flexibility index (Phi) is 3.69. The second-order valence-electron chi connectivity index (χ2n) is 4.68. The van der Waals surface area contributed by atoms with Gasteiger partial charge in [-0.15, -0.1) is 0 Å². The Balaban J connectivity index is 2.21. The molecule has 0 unspecified atom stereocenters. The van der Waals surface area contributed by atoms with Gasteiger partial charge in [0, 0.05) is 14.2 Å². The molecule has 0 spiro atoms. The van der Waals surface area contributed by atoms with Crippen molar-refractivity contribution < 1.29 is 14.6 Å². The molecule has 2 rings (SSSR count). The van der Waals surface area contributed by atoms with Crippen molar-refractivity contribution in [2.24, 2.45) is 0 Å². The van der Waals surface area contributed by atoms with Crippen molar-refractivity contribution in [3.8, 4) is 5.75 Å². The molecule has 0 bridgehead atoms. The average molecular weight is 236 g/mol. The van der Waals surface area contributed by atoms with Crippen LogP contribution in [0.25, 0.3) is 0 Å². The maximum absolute atomic E-state index is 9.57. The summed E-state index contributed by atoms with van der Waals surface area (Å²) in [4.78, 5) is 0. The van der Waals surface area contributed by atoms with E-state index in [1.165, 1.54) is 0 Å². The molecule has 1 aromatic rings. The van der Waals surface area contributed by atoms with E-state index in [1.807, 2.05) is 12.1 Å². The van der Waals surface area contributed by atoms with Crippen LogP contribution in [0.1, 0.15) is 31.2 Å². The van der Waals surface area contributed by atoms with E-state index >= 15 is 0 Å². The van der Waals surface area contributed by atoms with Crippen LogP contribution in [0.4, 0.5) is 0 Å². The van der Waals surface area contributed by atoms with Crippen molar-refractivity contribution in [3.63, 3.8) is 0 Å². The minimum Gasteiger partial charge on any atom is -0.508 e. The largest absolute Gasteiger partial charge is 0.508 e. The average Bonchev–Trinajstić information content (AvgIpc) is 2.39. The third-order valence-corrected chi connectivity index (χ3v) is 3.84. The van der Waals surface area contributed by atoms with Crippen LogP contribution < -0.4 is 0 Å². The van der Waals surface area contributed by atoms with Gasteiger partial charge in [0.2, 0.25) is 0 Å². The van der Waals surface area contributed by atoms with Gasteiger partial charge in [-0.3, -0.25) is 0 Å². The number of aromatic hydroxyl groups is 1. The lowest BCUT2D eigenvalue weighted by Crippen LogP contribution is -2.35. The number of phenols is 1. The Labute approximate surface area is 102 Å². The van der Waals surface area contributed by atoms with Gasteiger partial charge in [0.15, 0.2) is 0 Å². The van der Waals surface area contributed by atoms with Crippen LogP contribution in [0.5, 0.6) is 5.75 Å². The summed E-state index contributed by atoms with van der Waals surface area (Å²) < 4.78 is 11.1. The zero-order valence-electron chi connectivity index (χ0n) is 10.5. The summed E-state index contributed by atoms with van der Waals surface area (Å²) in [6.07, 6.45) is 4.22. The number of benzene rings is 1. The minimum absolute atomic E-state index is 0.256. The first-order valence-electron chi connectivity index (χ1n) is 6.07. The first-order valence-corrected chi connectivity index (χ1v) is 6.07. The Morgan fingerprint density at radius 1 is 1.24 bits per heavy atom. The van der Waals surface area contributed by atoms with E-state index in [4.69, 9.17) is 9.47 Å². The van der Waals surface area contributed by atoms with Crippen molar-refractivity contribution >= 4 is 0 Å². The third kappa shape index (κ3) is 2.45.